The van der Waals surface area contributed by atoms with E-state index in [0.717, 1.165) is 30.0 Å². The summed E-state index contributed by atoms with van der Waals surface area (Å²) in [7, 11) is 1.16. The zero-order valence-electron chi connectivity index (χ0n) is 9.81. The van der Waals surface area contributed by atoms with E-state index in [-0.39, 0.29) is 11.3 Å². The Labute approximate surface area is 106 Å². The van der Waals surface area contributed by atoms with Crippen molar-refractivity contribution in [2.45, 2.75) is 6.18 Å². The molecular weight excluding hydrogens is 261 g/mol. The highest BCUT2D eigenvalue weighted by Crippen LogP contribution is 2.34. The molecule has 0 unspecified atom stereocenters. The second-order valence-corrected chi connectivity index (χ2v) is 3.67. The number of carbonyl (C=O) groups is 1. The average molecular weight is 270 g/mol. The minimum absolute atomic E-state index is 0.0287. The monoisotopic (exact) mass is 270 g/mol. The Kier molecular flexibility index (Phi) is 3.28. The molecule has 0 amide bonds. The molecule has 0 aliphatic heterocycles. The van der Waals surface area contributed by atoms with Crippen LogP contribution in [0.25, 0.3) is 5.69 Å². The van der Waals surface area contributed by atoms with Crippen LogP contribution in [-0.4, -0.2) is 22.9 Å². The van der Waals surface area contributed by atoms with Crippen molar-refractivity contribution in [3.63, 3.8) is 0 Å². The molecule has 2 aromatic rings. The molecule has 1 heterocycles. The van der Waals surface area contributed by atoms with Crippen LogP contribution in [0.3, 0.4) is 0 Å². The Morgan fingerprint density at radius 1 is 1.37 bits per heavy atom. The molecule has 0 radical (unpaired) electrons. The van der Waals surface area contributed by atoms with E-state index >= 15 is 0 Å². The molecule has 100 valence electrons. The molecule has 0 aliphatic carbocycles. The fourth-order valence-corrected chi connectivity index (χ4v) is 1.62. The van der Waals surface area contributed by atoms with Gasteiger partial charge in [0.2, 0.25) is 0 Å². The SMILES string of the molecule is COC(=O)c1ccc(C(F)(F)F)c(-n2cccn2)c1. The van der Waals surface area contributed by atoms with Gasteiger partial charge in [-0.1, -0.05) is 0 Å². The van der Waals surface area contributed by atoms with Crippen molar-refractivity contribution in [3.8, 4) is 5.69 Å². The van der Waals surface area contributed by atoms with Gasteiger partial charge in [0.1, 0.15) is 0 Å². The number of halogens is 3. The number of aromatic nitrogens is 2. The van der Waals surface area contributed by atoms with Crippen molar-refractivity contribution in [1.82, 2.24) is 9.78 Å². The van der Waals surface area contributed by atoms with Gasteiger partial charge in [0, 0.05) is 12.4 Å². The predicted molar refractivity (Wildman–Crippen MR) is 59.9 cm³/mol. The maximum atomic E-state index is 12.9. The first-order valence-corrected chi connectivity index (χ1v) is 5.23. The number of hydrogen-bond acceptors (Lipinski definition) is 3. The van der Waals surface area contributed by atoms with Gasteiger partial charge in [-0.3, -0.25) is 0 Å². The third kappa shape index (κ3) is 2.59. The zero-order chi connectivity index (χ0) is 14.0. The van der Waals surface area contributed by atoms with Crippen LogP contribution in [0.4, 0.5) is 13.2 Å². The highest BCUT2D eigenvalue weighted by molar-refractivity contribution is 5.90. The summed E-state index contributed by atoms with van der Waals surface area (Å²) in [5.41, 5.74) is -1.06. The molecular formula is C12H9F3N2O2. The lowest BCUT2D eigenvalue weighted by Gasteiger charge is -2.13. The third-order valence-electron chi connectivity index (χ3n) is 2.48. The Bertz CT molecular complexity index is 592. The van der Waals surface area contributed by atoms with Crippen LogP contribution in [0.15, 0.2) is 36.7 Å². The summed E-state index contributed by atoms with van der Waals surface area (Å²) >= 11 is 0. The highest BCUT2D eigenvalue weighted by atomic mass is 19.4. The lowest BCUT2D eigenvalue weighted by molar-refractivity contribution is -0.137. The normalized spacial score (nSPS) is 11.4. The number of ether oxygens (including phenoxy) is 1. The predicted octanol–water partition coefficient (Wildman–Crippen LogP) is 2.68. The third-order valence-corrected chi connectivity index (χ3v) is 2.48. The lowest BCUT2D eigenvalue weighted by Crippen LogP contribution is -2.13. The summed E-state index contributed by atoms with van der Waals surface area (Å²) in [6, 6.07) is 4.50. The topological polar surface area (TPSA) is 44.1 Å². The fraction of sp³-hybridized carbons (Fsp3) is 0.167. The molecule has 0 saturated carbocycles. The van der Waals surface area contributed by atoms with Crippen molar-refractivity contribution in [2.75, 3.05) is 7.11 Å². The van der Waals surface area contributed by atoms with E-state index in [1.807, 2.05) is 0 Å². The van der Waals surface area contributed by atoms with Gasteiger partial charge in [-0.2, -0.15) is 18.3 Å². The summed E-state index contributed by atoms with van der Waals surface area (Å²) in [6.07, 6.45) is -1.81. The van der Waals surface area contributed by atoms with E-state index in [4.69, 9.17) is 0 Å². The molecule has 0 spiro atoms. The Hall–Kier alpha value is -2.31. The number of hydrogen-bond donors (Lipinski definition) is 0. The second-order valence-electron chi connectivity index (χ2n) is 3.67. The van der Waals surface area contributed by atoms with E-state index < -0.39 is 17.7 Å². The number of esters is 1. The summed E-state index contributed by atoms with van der Waals surface area (Å²) < 4.78 is 44.2. The first-order chi connectivity index (χ1) is 8.93. The van der Waals surface area contributed by atoms with Crippen molar-refractivity contribution in [3.05, 3.63) is 47.8 Å². The van der Waals surface area contributed by atoms with Crippen LogP contribution in [-0.2, 0) is 10.9 Å². The number of rotatable bonds is 2. The maximum absolute atomic E-state index is 12.9. The molecule has 1 aromatic carbocycles. The lowest BCUT2D eigenvalue weighted by atomic mass is 10.1. The molecule has 4 nitrogen and oxygen atoms in total. The zero-order valence-corrected chi connectivity index (χ0v) is 9.81. The summed E-state index contributed by atoms with van der Waals surface area (Å²) in [6.45, 7) is 0. The fourth-order valence-electron chi connectivity index (χ4n) is 1.62. The van der Waals surface area contributed by atoms with Crippen LogP contribution in [0.1, 0.15) is 15.9 Å². The van der Waals surface area contributed by atoms with Gasteiger partial charge in [0.25, 0.3) is 0 Å². The summed E-state index contributed by atoms with van der Waals surface area (Å²) in [5.74, 6) is -0.706. The van der Waals surface area contributed by atoms with Crippen LogP contribution >= 0.6 is 0 Å². The number of alkyl halides is 3. The summed E-state index contributed by atoms with van der Waals surface area (Å²) in [5, 5.41) is 3.75. The molecule has 0 fully saturated rings. The van der Waals surface area contributed by atoms with Crippen molar-refractivity contribution >= 4 is 5.97 Å². The molecule has 7 heteroatoms. The van der Waals surface area contributed by atoms with E-state index in [1.54, 1.807) is 0 Å². The van der Waals surface area contributed by atoms with Gasteiger partial charge in [0.15, 0.2) is 0 Å². The van der Waals surface area contributed by atoms with E-state index in [1.165, 1.54) is 18.5 Å². The van der Waals surface area contributed by atoms with Crippen LogP contribution in [0.5, 0.6) is 0 Å². The average Bonchev–Trinajstić information content (AvgIpc) is 2.89. The Balaban J connectivity index is 2.61. The minimum Gasteiger partial charge on any atom is -0.465 e. The quantitative estimate of drug-likeness (QED) is 0.788. The smallest absolute Gasteiger partial charge is 0.418 e. The Morgan fingerprint density at radius 3 is 2.63 bits per heavy atom. The number of benzene rings is 1. The largest absolute Gasteiger partial charge is 0.465 e. The first kappa shape index (κ1) is 13.1. The molecule has 2 rings (SSSR count). The molecule has 0 N–H and O–H groups in total. The molecule has 0 aliphatic rings. The van der Waals surface area contributed by atoms with Gasteiger partial charge in [-0.25, -0.2) is 9.48 Å². The number of nitrogens with zero attached hydrogens (tertiary/aromatic N) is 2. The molecule has 0 saturated heterocycles. The molecule has 0 bridgehead atoms. The van der Waals surface area contributed by atoms with Crippen LogP contribution in [0, 0.1) is 0 Å². The Morgan fingerprint density at radius 2 is 2.11 bits per heavy atom. The minimum atomic E-state index is -4.53. The van der Waals surface area contributed by atoms with Gasteiger partial charge in [-0.15, -0.1) is 0 Å². The molecule has 0 atom stereocenters. The van der Waals surface area contributed by atoms with Gasteiger partial charge >= 0.3 is 12.1 Å². The van der Waals surface area contributed by atoms with Crippen molar-refractivity contribution in [2.24, 2.45) is 0 Å². The van der Waals surface area contributed by atoms with Crippen LogP contribution < -0.4 is 0 Å². The van der Waals surface area contributed by atoms with Crippen LogP contribution in [0.2, 0.25) is 0 Å². The summed E-state index contributed by atoms with van der Waals surface area (Å²) in [4.78, 5) is 11.4. The molecule has 19 heavy (non-hydrogen) atoms. The van der Waals surface area contributed by atoms with Gasteiger partial charge < -0.3 is 4.74 Å². The van der Waals surface area contributed by atoms with E-state index in [9.17, 15) is 18.0 Å². The molecule has 1 aromatic heterocycles. The highest BCUT2D eigenvalue weighted by Gasteiger charge is 2.34. The van der Waals surface area contributed by atoms with E-state index in [0.29, 0.717) is 0 Å². The van der Waals surface area contributed by atoms with E-state index in [2.05, 4.69) is 9.84 Å². The van der Waals surface area contributed by atoms with Gasteiger partial charge in [-0.05, 0) is 24.3 Å². The number of carbonyl (C=O) groups excluding carboxylic acids is 1. The number of methoxy groups -OCH3 is 1. The second kappa shape index (κ2) is 4.75. The van der Waals surface area contributed by atoms with Gasteiger partial charge in [0.05, 0.1) is 23.9 Å². The standard InChI is InChI=1S/C12H9F3N2O2/c1-19-11(18)8-3-4-9(12(13,14)15)10(7-8)17-6-2-5-16-17/h2-7H,1H3. The van der Waals surface area contributed by atoms with Crippen molar-refractivity contribution < 1.29 is 22.7 Å². The maximum Gasteiger partial charge on any atom is 0.418 e. The van der Waals surface area contributed by atoms with Crippen molar-refractivity contribution in [1.29, 1.82) is 0 Å². The first-order valence-electron chi connectivity index (χ1n) is 5.23.